The SMILES string of the molecule is COCc1nn(-c2ccccc2)nc1C(=O)Nc1ccc(N2CCN(C(=O)OC(C)(C)C)CC2)nc1. The van der Waals surface area contributed by atoms with Gasteiger partial charge in [-0.3, -0.25) is 4.79 Å². The number of aromatic nitrogens is 4. The van der Waals surface area contributed by atoms with Crippen molar-refractivity contribution in [2.45, 2.75) is 33.0 Å². The van der Waals surface area contributed by atoms with E-state index in [1.54, 1.807) is 24.3 Å². The molecule has 0 saturated carbocycles. The number of para-hydroxylation sites is 1. The summed E-state index contributed by atoms with van der Waals surface area (Å²) in [6, 6.07) is 13.0. The zero-order valence-electron chi connectivity index (χ0n) is 21.0. The van der Waals surface area contributed by atoms with Gasteiger partial charge < -0.3 is 24.6 Å². The predicted molar refractivity (Wildman–Crippen MR) is 134 cm³/mol. The molecule has 0 bridgehead atoms. The first kappa shape index (κ1) is 25.1. The van der Waals surface area contributed by atoms with Crippen molar-refractivity contribution in [1.29, 1.82) is 0 Å². The highest BCUT2D eigenvalue weighted by Crippen LogP contribution is 2.19. The lowest BCUT2D eigenvalue weighted by Crippen LogP contribution is -2.50. The van der Waals surface area contributed by atoms with Crippen LogP contribution in [0.4, 0.5) is 16.3 Å². The first-order valence-electron chi connectivity index (χ1n) is 11.7. The molecule has 2 aromatic heterocycles. The number of hydrogen-bond donors (Lipinski definition) is 1. The molecule has 0 atom stereocenters. The third-order valence-electron chi connectivity index (χ3n) is 5.43. The average Bonchev–Trinajstić information content (AvgIpc) is 3.28. The molecule has 1 aromatic carbocycles. The maximum Gasteiger partial charge on any atom is 0.410 e. The van der Waals surface area contributed by atoms with Gasteiger partial charge in [-0.1, -0.05) is 18.2 Å². The lowest BCUT2D eigenvalue weighted by Gasteiger charge is -2.36. The van der Waals surface area contributed by atoms with Crippen LogP contribution in [-0.4, -0.2) is 75.8 Å². The number of carbonyl (C=O) groups is 2. The van der Waals surface area contributed by atoms with Gasteiger partial charge in [-0.25, -0.2) is 9.78 Å². The molecule has 1 N–H and O–H groups in total. The topological polar surface area (TPSA) is 115 Å². The minimum atomic E-state index is -0.518. The molecule has 4 rings (SSSR count). The average molecular weight is 494 g/mol. The summed E-state index contributed by atoms with van der Waals surface area (Å²) in [5.74, 6) is 0.372. The Labute approximate surface area is 210 Å². The highest BCUT2D eigenvalue weighted by Gasteiger charge is 2.26. The number of rotatable bonds is 6. The molecule has 11 nitrogen and oxygen atoms in total. The van der Waals surface area contributed by atoms with Crippen molar-refractivity contribution < 1.29 is 19.1 Å². The molecule has 1 saturated heterocycles. The quantitative estimate of drug-likeness (QED) is 0.557. The minimum Gasteiger partial charge on any atom is -0.444 e. The summed E-state index contributed by atoms with van der Waals surface area (Å²) < 4.78 is 10.7. The van der Waals surface area contributed by atoms with Gasteiger partial charge in [-0.15, -0.1) is 10.2 Å². The molecule has 190 valence electrons. The molecule has 1 aliphatic rings. The van der Waals surface area contributed by atoms with E-state index in [9.17, 15) is 9.59 Å². The number of methoxy groups -OCH3 is 1. The second kappa shape index (κ2) is 10.7. The van der Waals surface area contributed by atoms with E-state index in [2.05, 4.69) is 25.4 Å². The van der Waals surface area contributed by atoms with Gasteiger partial charge in [0.15, 0.2) is 5.69 Å². The third-order valence-corrected chi connectivity index (χ3v) is 5.43. The van der Waals surface area contributed by atoms with Crippen LogP contribution in [0.5, 0.6) is 0 Å². The predicted octanol–water partition coefficient (Wildman–Crippen LogP) is 3.12. The number of piperazine rings is 1. The molecule has 11 heteroatoms. The monoisotopic (exact) mass is 493 g/mol. The van der Waals surface area contributed by atoms with Gasteiger partial charge >= 0.3 is 6.09 Å². The van der Waals surface area contributed by atoms with Crippen molar-refractivity contribution in [2.24, 2.45) is 0 Å². The van der Waals surface area contributed by atoms with E-state index in [4.69, 9.17) is 9.47 Å². The number of nitrogens with one attached hydrogen (secondary N) is 1. The first-order valence-corrected chi connectivity index (χ1v) is 11.7. The van der Waals surface area contributed by atoms with Crippen molar-refractivity contribution in [3.63, 3.8) is 0 Å². The van der Waals surface area contributed by atoms with Crippen molar-refractivity contribution in [3.05, 3.63) is 60.0 Å². The summed E-state index contributed by atoms with van der Waals surface area (Å²) in [5.41, 5.74) is 1.38. The maximum absolute atomic E-state index is 13.0. The molecule has 1 fully saturated rings. The van der Waals surface area contributed by atoms with Crippen molar-refractivity contribution in [1.82, 2.24) is 24.9 Å². The van der Waals surface area contributed by atoms with Crippen LogP contribution in [0, 0.1) is 0 Å². The van der Waals surface area contributed by atoms with Gasteiger partial charge in [0.2, 0.25) is 0 Å². The number of pyridine rings is 1. The number of ether oxygens (including phenoxy) is 2. The Morgan fingerprint density at radius 1 is 1.00 bits per heavy atom. The van der Waals surface area contributed by atoms with E-state index < -0.39 is 11.5 Å². The fraction of sp³-hybridized carbons (Fsp3) is 0.400. The molecule has 0 radical (unpaired) electrons. The van der Waals surface area contributed by atoms with E-state index in [1.807, 2.05) is 57.2 Å². The van der Waals surface area contributed by atoms with Crippen LogP contribution in [0.15, 0.2) is 48.7 Å². The molecule has 2 amide bonds. The summed E-state index contributed by atoms with van der Waals surface area (Å²) in [6.45, 7) is 8.10. The number of carbonyl (C=O) groups excluding carboxylic acids is 2. The standard InChI is InChI=1S/C25H31N7O4/c1-25(2,3)36-24(34)31-14-12-30(13-15-31)21-11-10-18(16-26-21)27-23(33)22-20(17-35-4)28-32(29-22)19-8-6-5-7-9-19/h5-11,16H,12-15,17H2,1-4H3,(H,27,33). The minimum absolute atomic E-state index is 0.155. The Balaban J connectivity index is 1.38. The van der Waals surface area contributed by atoms with Crippen molar-refractivity contribution in [2.75, 3.05) is 43.5 Å². The zero-order chi connectivity index (χ0) is 25.7. The van der Waals surface area contributed by atoms with Gasteiger partial charge in [0.25, 0.3) is 5.91 Å². The van der Waals surface area contributed by atoms with Gasteiger partial charge in [0, 0.05) is 33.3 Å². The van der Waals surface area contributed by atoms with E-state index in [0.29, 0.717) is 37.6 Å². The number of amides is 2. The smallest absolute Gasteiger partial charge is 0.410 e. The summed E-state index contributed by atoms with van der Waals surface area (Å²) in [6.07, 6.45) is 1.30. The molecule has 0 aliphatic carbocycles. The van der Waals surface area contributed by atoms with Crippen LogP contribution in [0.1, 0.15) is 37.0 Å². The van der Waals surface area contributed by atoms with Crippen LogP contribution >= 0.6 is 0 Å². The normalized spacial score (nSPS) is 14.0. The van der Waals surface area contributed by atoms with Gasteiger partial charge in [-0.2, -0.15) is 4.80 Å². The Hall–Kier alpha value is -3.99. The summed E-state index contributed by atoms with van der Waals surface area (Å²) in [7, 11) is 1.54. The zero-order valence-corrected chi connectivity index (χ0v) is 21.0. The molecular weight excluding hydrogens is 462 g/mol. The Kier molecular flexibility index (Phi) is 7.49. The van der Waals surface area contributed by atoms with Gasteiger partial charge in [-0.05, 0) is 45.0 Å². The molecule has 3 aromatic rings. The fourth-order valence-corrected chi connectivity index (χ4v) is 3.71. The van der Waals surface area contributed by atoms with Crippen LogP contribution in [0.2, 0.25) is 0 Å². The van der Waals surface area contributed by atoms with Crippen molar-refractivity contribution >= 4 is 23.5 Å². The maximum atomic E-state index is 13.0. The van der Waals surface area contributed by atoms with E-state index >= 15 is 0 Å². The molecule has 36 heavy (non-hydrogen) atoms. The van der Waals surface area contributed by atoms with E-state index in [0.717, 1.165) is 11.5 Å². The second-order valence-corrected chi connectivity index (χ2v) is 9.37. The Bertz CT molecular complexity index is 1180. The van der Waals surface area contributed by atoms with Gasteiger partial charge in [0.05, 0.1) is 24.2 Å². The first-order chi connectivity index (χ1) is 17.2. The lowest BCUT2D eigenvalue weighted by atomic mass is 10.2. The van der Waals surface area contributed by atoms with Crippen LogP contribution < -0.4 is 10.2 Å². The highest BCUT2D eigenvalue weighted by atomic mass is 16.6. The molecular formula is C25H31N7O4. The molecule has 3 heterocycles. The summed E-state index contributed by atoms with van der Waals surface area (Å²) in [4.78, 5) is 35.0. The van der Waals surface area contributed by atoms with E-state index in [-0.39, 0.29) is 18.4 Å². The summed E-state index contributed by atoms with van der Waals surface area (Å²) >= 11 is 0. The molecule has 0 unspecified atom stereocenters. The number of benzene rings is 1. The van der Waals surface area contributed by atoms with Crippen LogP contribution in [0.25, 0.3) is 5.69 Å². The van der Waals surface area contributed by atoms with Crippen molar-refractivity contribution in [3.8, 4) is 5.69 Å². The lowest BCUT2D eigenvalue weighted by molar-refractivity contribution is 0.0240. The second-order valence-electron chi connectivity index (χ2n) is 9.37. The van der Waals surface area contributed by atoms with Gasteiger partial charge in [0.1, 0.15) is 17.1 Å². The van der Waals surface area contributed by atoms with Crippen LogP contribution in [-0.2, 0) is 16.1 Å². The molecule has 0 spiro atoms. The Morgan fingerprint density at radius 2 is 1.72 bits per heavy atom. The summed E-state index contributed by atoms with van der Waals surface area (Å²) in [5, 5.41) is 11.6. The fourth-order valence-electron chi connectivity index (χ4n) is 3.71. The molecule has 1 aliphatic heterocycles. The number of anilines is 2. The van der Waals surface area contributed by atoms with E-state index in [1.165, 1.54) is 4.80 Å². The highest BCUT2D eigenvalue weighted by molar-refractivity contribution is 6.03. The largest absolute Gasteiger partial charge is 0.444 e. The van der Waals surface area contributed by atoms with Crippen LogP contribution in [0.3, 0.4) is 0 Å². The Morgan fingerprint density at radius 3 is 2.33 bits per heavy atom. The number of nitrogens with zero attached hydrogens (tertiary/aromatic N) is 6. The third kappa shape index (κ3) is 6.16. The number of hydrogen-bond acceptors (Lipinski definition) is 8.